The van der Waals surface area contributed by atoms with E-state index in [1.54, 1.807) is 14.2 Å². The van der Waals surface area contributed by atoms with Gasteiger partial charge in [-0.25, -0.2) is 0 Å². The molecule has 2 N–H and O–H groups in total. The number of hydrogen-bond acceptors (Lipinski definition) is 4. The first-order valence-electron chi connectivity index (χ1n) is 7.37. The summed E-state index contributed by atoms with van der Waals surface area (Å²) in [4.78, 5) is 0. The molecule has 4 heteroatoms. The van der Waals surface area contributed by atoms with Crippen LogP contribution in [0.1, 0.15) is 17.9 Å². The second-order valence-corrected chi connectivity index (χ2v) is 5.02. The van der Waals surface area contributed by atoms with Gasteiger partial charge in [0, 0.05) is 6.07 Å². The molecule has 2 aromatic rings. The van der Waals surface area contributed by atoms with Crippen LogP contribution in [-0.2, 0) is 0 Å². The van der Waals surface area contributed by atoms with Gasteiger partial charge in [0.15, 0.2) is 0 Å². The third-order valence-electron chi connectivity index (χ3n) is 3.65. The molecule has 0 amide bonds. The van der Waals surface area contributed by atoms with Gasteiger partial charge in [0.2, 0.25) is 0 Å². The molecular formula is C18H23NO3. The lowest BCUT2D eigenvalue weighted by molar-refractivity contribution is 0.296. The average molecular weight is 301 g/mol. The van der Waals surface area contributed by atoms with Gasteiger partial charge < -0.3 is 19.9 Å². The monoisotopic (exact) mass is 301 g/mol. The summed E-state index contributed by atoms with van der Waals surface area (Å²) < 4.78 is 16.1. The minimum absolute atomic E-state index is 0.275. The normalized spacial score (nSPS) is 11.8. The molecule has 22 heavy (non-hydrogen) atoms. The van der Waals surface area contributed by atoms with Gasteiger partial charge in [-0.05, 0) is 48.7 Å². The SMILES string of the molecule is COc1ccc(C(CN)CCOc2cccc(OC)c2)cc1. The summed E-state index contributed by atoms with van der Waals surface area (Å²) in [6.45, 7) is 1.20. The Kier molecular flexibility index (Phi) is 6.10. The van der Waals surface area contributed by atoms with E-state index in [1.807, 2.05) is 36.4 Å². The summed E-state index contributed by atoms with van der Waals surface area (Å²) >= 11 is 0. The maximum atomic E-state index is 5.89. The van der Waals surface area contributed by atoms with Crippen molar-refractivity contribution >= 4 is 0 Å². The van der Waals surface area contributed by atoms with Crippen LogP contribution in [0.4, 0.5) is 0 Å². The second-order valence-electron chi connectivity index (χ2n) is 5.02. The van der Waals surface area contributed by atoms with E-state index in [0.717, 1.165) is 23.7 Å². The number of methoxy groups -OCH3 is 2. The van der Waals surface area contributed by atoms with Gasteiger partial charge in [-0.3, -0.25) is 0 Å². The van der Waals surface area contributed by atoms with E-state index < -0.39 is 0 Å². The lowest BCUT2D eigenvalue weighted by Crippen LogP contribution is -2.15. The van der Waals surface area contributed by atoms with Gasteiger partial charge in [0.1, 0.15) is 17.2 Å². The fourth-order valence-electron chi connectivity index (χ4n) is 2.31. The Morgan fingerprint density at radius 1 is 0.909 bits per heavy atom. The lowest BCUT2D eigenvalue weighted by Gasteiger charge is -2.16. The van der Waals surface area contributed by atoms with Crippen LogP contribution < -0.4 is 19.9 Å². The van der Waals surface area contributed by atoms with E-state index in [4.69, 9.17) is 19.9 Å². The molecule has 1 unspecified atom stereocenters. The predicted octanol–water partition coefficient (Wildman–Crippen LogP) is 3.22. The highest BCUT2D eigenvalue weighted by Gasteiger charge is 2.10. The summed E-state index contributed by atoms with van der Waals surface area (Å²) in [6, 6.07) is 15.6. The quantitative estimate of drug-likeness (QED) is 0.813. The van der Waals surface area contributed by atoms with E-state index in [0.29, 0.717) is 13.2 Å². The highest BCUT2D eigenvalue weighted by atomic mass is 16.5. The van der Waals surface area contributed by atoms with Gasteiger partial charge in [0.25, 0.3) is 0 Å². The fourth-order valence-corrected chi connectivity index (χ4v) is 2.31. The zero-order valence-corrected chi connectivity index (χ0v) is 13.1. The maximum absolute atomic E-state index is 5.89. The molecule has 0 aliphatic rings. The number of ether oxygens (including phenoxy) is 3. The topological polar surface area (TPSA) is 53.7 Å². The Morgan fingerprint density at radius 2 is 1.59 bits per heavy atom. The van der Waals surface area contributed by atoms with Gasteiger partial charge in [-0.2, -0.15) is 0 Å². The Hall–Kier alpha value is -2.20. The van der Waals surface area contributed by atoms with Crippen LogP contribution in [0, 0.1) is 0 Å². The van der Waals surface area contributed by atoms with E-state index in [2.05, 4.69) is 12.1 Å². The van der Waals surface area contributed by atoms with E-state index in [-0.39, 0.29) is 5.92 Å². The molecule has 0 saturated heterocycles. The van der Waals surface area contributed by atoms with Crippen LogP contribution in [0.2, 0.25) is 0 Å². The molecule has 0 radical (unpaired) electrons. The Bertz CT molecular complexity index is 569. The summed E-state index contributed by atoms with van der Waals surface area (Å²) in [5, 5.41) is 0. The van der Waals surface area contributed by atoms with Crippen LogP contribution in [0.3, 0.4) is 0 Å². The summed E-state index contributed by atoms with van der Waals surface area (Å²) in [5.74, 6) is 2.73. The number of hydrogen-bond donors (Lipinski definition) is 1. The van der Waals surface area contributed by atoms with E-state index in [9.17, 15) is 0 Å². The van der Waals surface area contributed by atoms with Crippen LogP contribution in [0.5, 0.6) is 17.2 Å². The first-order chi connectivity index (χ1) is 10.8. The molecule has 4 nitrogen and oxygen atoms in total. The summed E-state index contributed by atoms with van der Waals surface area (Å²) in [7, 11) is 3.31. The van der Waals surface area contributed by atoms with Crippen molar-refractivity contribution in [2.24, 2.45) is 5.73 Å². The van der Waals surface area contributed by atoms with Gasteiger partial charge in [0.05, 0.1) is 20.8 Å². The number of nitrogens with two attached hydrogens (primary N) is 1. The minimum Gasteiger partial charge on any atom is -0.497 e. The smallest absolute Gasteiger partial charge is 0.122 e. The van der Waals surface area contributed by atoms with Crippen molar-refractivity contribution in [3.05, 3.63) is 54.1 Å². The molecule has 0 heterocycles. The molecule has 0 aliphatic carbocycles. The standard InChI is InChI=1S/C18H23NO3/c1-20-16-8-6-14(7-9-16)15(13-19)10-11-22-18-5-3-4-17(12-18)21-2/h3-9,12,15H,10-11,13,19H2,1-2H3. The first-order valence-corrected chi connectivity index (χ1v) is 7.37. The minimum atomic E-state index is 0.275. The predicted molar refractivity (Wildman–Crippen MR) is 87.9 cm³/mol. The molecule has 2 rings (SSSR count). The Morgan fingerprint density at radius 3 is 2.23 bits per heavy atom. The van der Waals surface area contributed by atoms with Gasteiger partial charge in [-0.1, -0.05) is 18.2 Å². The summed E-state index contributed by atoms with van der Waals surface area (Å²) in [5.41, 5.74) is 7.10. The van der Waals surface area contributed by atoms with Crippen molar-refractivity contribution in [3.8, 4) is 17.2 Å². The van der Waals surface area contributed by atoms with E-state index >= 15 is 0 Å². The molecule has 0 spiro atoms. The van der Waals surface area contributed by atoms with Crippen LogP contribution in [0.25, 0.3) is 0 Å². The Labute approximate surface area is 131 Å². The van der Waals surface area contributed by atoms with Crippen LogP contribution in [0.15, 0.2) is 48.5 Å². The van der Waals surface area contributed by atoms with E-state index in [1.165, 1.54) is 5.56 Å². The molecule has 0 aliphatic heterocycles. The molecule has 1 atom stereocenters. The van der Waals surface area contributed by atoms with Crippen LogP contribution >= 0.6 is 0 Å². The lowest BCUT2D eigenvalue weighted by atomic mass is 9.96. The molecule has 0 aromatic heterocycles. The third kappa shape index (κ3) is 4.40. The number of benzene rings is 2. The molecule has 0 fully saturated rings. The molecular weight excluding hydrogens is 278 g/mol. The molecule has 0 saturated carbocycles. The number of rotatable bonds is 8. The first kappa shape index (κ1) is 16.2. The van der Waals surface area contributed by atoms with Crippen molar-refractivity contribution in [1.29, 1.82) is 0 Å². The zero-order valence-electron chi connectivity index (χ0n) is 13.1. The fraction of sp³-hybridized carbons (Fsp3) is 0.333. The largest absolute Gasteiger partial charge is 0.497 e. The van der Waals surface area contributed by atoms with Crippen molar-refractivity contribution < 1.29 is 14.2 Å². The van der Waals surface area contributed by atoms with Crippen molar-refractivity contribution in [1.82, 2.24) is 0 Å². The highest BCUT2D eigenvalue weighted by Crippen LogP contribution is 2.23. The molecule has 2 aromatic carbocycles. The summed E-state index contributed by atoms with van der Waals surface area (Å²) in [6.07, 6.45) is 0.861. The van der Waals surface area contributed by atoms with Gasteiger partial charge in [-0.15, -0.1) is 0 Å². The van der Waals surface area contributed by atoms with Crippen molar-refractivity contribution in [3.63, 3.8) is 0 Å². The third-order valence-corrected chi connectivity index (χ3v) is 3.65. The Balaban J connectivity index is 1.90. The second kappa shape index (κ2) is 8.29. The molecule has 118 valence electrons. The zero-order chi connectivity index (χ0) is 15.8. The van der Waals surface area contributed by atoms with Crippen molar-refractivity contribution in [2.45, 2.75) is 12.3 Å². The average Bonchev–Trinajstić information content (AvgIpc) is 2.59. The highest BCUT2D eigenvalue weighted by molar-refractivity contribution is 5.33. The maximum Gasteiger partial charge on any atom is 0.122 e. The van der Waals surface area contributed by atoms with Crippen molar-refractivity contribution in [2.75, 3.05) is 27.4 Å². The van der Waals surface area contributed by atoms with Gasteiger partial charge >= 0.3 is 0 Å². The molecule has 0 bridgehead atoms. The van der Waals surface area contributed by atoms with Crippen LogP contribution in [-0.4, -0.2) is 27.4 Å².